The van der Waals surface area contributed by atoms with Gasteiger partial charge in [0.15, 0.2) is 0 Å². The number of carbonyl (C=O) groups is 1. The molecule has 5 N–H and O–H groups in total. The third-order valence-electron chi connectivity index (χ3n) is 4.37. The van der Waals surface area contributed by atoms with Gasteiger partial charge in [0.25, 0.3) is 5.91 Å². The van der Waals surface area contributed by atoms with Crippen molar-refractivity contribution >= 4 is 12.1 Å². The van der Waals surface area contributed by atoms with Crippen LogP contribution in [0.2, 0.25) is 0 Å². The number of hydrogen-bond acceptors (Lipinski definition) is 6. The Bertz CT molecular complexity index is 785. The van der Waals surface area contributed by atoms with E-state index < -0.39 is 5.91 Å². The van der Waals surface area contributed by atoms with E-state index in [1.54, 1.807) is 6.21 Å². The van der Waals surface area contributed by atoms with E-state index >= 15 is 0 Å². The smallest absolute Gasteiger partial charge is 0.271 e. The highest BCUT2D eigenvalue weighted by Crippen LogP contribution is 2.24. The van der Waals surface area contributed by atoms with Crippen LogP contribution in [0.3, 0.4) is 0 Å². The molecule has 1 aliphatic rings. The van der Waals surface area contributed by atoms with Crippen LogP contribution >= 0.6 is 0 Å². The maximum Gasteiger partial charge on any atom is 0.271 e. The van der Waals surface area contributed by atoms with Crippen LogP contribution in [0.5, 0.6) is 11.5 Å². The number of benzene rings is 2. The van der Waals surface area contributed by atoms with Crippen LogP contribution in [0.25, 0.3) is 0 Å². The summed E-state index contributed by atoms with van der Waals surface area (Å²) in [6.45, 7) is 2.81. The van der Waals surface area contributed by atoms with Gasteiger partial charge in [0.05, 0.1) is 6.04 Å². The number of nitrogens with one attached hydrogen (secondary N) is 3. The highest BCUT2D eigenvalue weighted by Gasteiger charge is 2.26. The lowest BCUT2D eigenvalue weighted by Gasteiger charge is -2.15. The van der Waals surface area contributed by atoms with E-state index in [0.29, 0.717) is 6.54 Å². The Morgan fingerprint density at radius 3 is 2.58 bits per heavy atom. The molecular weight excluding hydrogens is 332 g/mol. The highest BCUT2D eigenvalue weighted by molar-refractivity contribution is 5.95. The number of phenolic OH excluding ortho intramolecular Hbond substituents is 2. The average molecular weight is 354 g/mol. The molecule has 1 heterocycles. The molecule has 1 fully saturated rings. The molecule has 1 amide bonds. The van der Waals surface area contributed by atoms with Crippen LogP contribution in [0.15, 0.2) is 47.6 Å². The molecule has 26 heavy (non-hydrogen) atoms. The number of amides is 1. The van der Waals surface area contributed by atoms with Gasteiger partial charge >= 0.3 is 0 Å². The van der Waals surface area contributed by atoms with Crippen LogP contribution in [-0.2, 0) is 6.42 Å². The second-order valence-corrected chi connectivity index (χ2v) is 6.22. The van der Waals surface area contributed by atoms with Crippen LogP contribution in [0.4, 0.5) is 0 Å². The SMILES string of the molecule is CCc1ccc(C2NNCC2/C=N/NC(=O)c2cc(O)cc(O)c2)cc1. The minimum Gasteiger partial charge on any atom is -0.508 e. The van der Waals surface area contributed by atoms with E-state index in [1.807, 2.05) is 0 Å². The van der Waals surface area contributed by atoms with Gasteiger partial charge in [-0.15, -0.1) is 0 Å². The fourth-order valence-electron chi connectivity index (χ4n) is 2.92. The Labute approximate surface area is 151 Å². The van der Waals surface area contributed by atoms with Crippen molar-refractivity contribution in [2.24, 2.45) is 11.0 Å². The zero-order chi connectivity index (χ0) is 18.5. The number of carbonyl (C=O) groups excluding carboxylic acids is 1. The molecule has 0 saturated carbocycles. The van der Waals surface area contributed by atoms with Crippen molar-refractivity contribution in [2.75, 3.05) is 6.54 Å². The Balaban J connectivity index is 1.64. The summed E-state index contributed by atoms with van der Waals surface area (Å²) in [6.07, 6.45) is 2.68. The Morgan fingerprint density at radius 2 is 1.92 bits per heavy atom. The molecule has 1 aliphatic heterocycles. The summed E-state index contributed by atoms with van der Waals surface area (Å²) in [5.41, 5.74) is 11.3. The van der Waals surface area contributed by atoms with Crippen LogP contribution < -0.4 is 16.3 Å². The van der Waals surface area contributed by atoms with Gasteiger partial charge in [0.2, 0.25) is 0 Å². The minimum atomic E-state index is -0.504. The third kappa shape index (κ3) is 4.19. The van der Waals surface area contributed by atoms with Gasteiger partial charge in [-0.05, 0) is 29.7 Å². The number of phenols is 2. The maximum absolute atomic E-state index is 12.1. The topological polar surface area (TPSA) is 106 Å². The van der Waals surface area contributed by atoms with Gasteiger partial charge in [-0.1, -0.05) is 31.2 Å². The van der Waals surface area contributed by atoms with Gasteiger partial charge in [-0.25, -0.2) is 10.9 Å². The molecule has 0 spiro atoms. The summed E-state index contributed by atoms with van der Waals surface area (Å²) in [5.74, 6) is -0.798. The van der Waals surface area contributed by atoms with E-state index in [4.69, 9.17) is 0 Å². The Morgan fingerprint density at radius 1 is 1.23 bits per heavy atom. The van der Waals surface area contributed by atoms with Gasteiger partial charge in [-0.3, -0.25) is 10.2 Å². The molecule has 0 aliphatic carbocycles. The van der Waals surface area contributed by atoms with Crippen LogP contribution in [0.1, 0.15) is 34.5 Å². The molecule has 0 bridgehead atoms. The van der Waals surface area contributed by atoms with Crippen molar-refractivity contribution in [1.82, 2.24) is 16.3 Å². The minimum absolute atomic E-state index is 0.0615. The highest BCUT2D eigenvalue weighted by atomic mass is 16.3. The fraction of sp³-hybridized carbons (Fsp3) is 0.263. The van der Waals surface area contributed by atoms with Crippen molar-refractivity contribution in [3.8, 4) is 11.5 Å². The third-order valence-corrected chi connectivity index (χ3v) is 4.37. The fourth-order valence-corrected chi connectivity index (χ4v) is 2.92. The molecule has 7 heteroatoms. The molecule has 0 aromatic heterocycles. The van der Waals surface area contributed by atoms with Crippen molar-refractivity contribution in [2.45, 2.75) is 19.4 Å². The number of aromatic hydroxyl groups is 2. The molecule has 1 saturated heterocycles. The van der Waals surface area contributed by atoms with Gasteiger partial charge in [0, 0.05) is 30.3 Å². The number of hydrazine groups is 1. The van der Waals surface area contributed by atoms with Crippen molar-refractivity contribution in [3.63, 3.8) is 0 Å². The number of nitrogens with zero attached hydrogens (tertiary/aromatic N) is 1. The Kier molecular flexibility index (Phi) is 5.50. The molecule has 2 aromatic rings. The second-order valence-electron chi connectivity index (χ2n) is 6.22. The monoisotopic (exact) mass is 354 g/mol. The lowest BCUT2D eigenvalue weighted by Crippen LogP contribution is -2.25. The predicted octanol–water partition coefficient (Wildman–Crippen LogP) is 1.84. The zero-order valence-corrected chi connectivity index (χ0v) is 14.4. The zero-order valence-electron chi connectivity index (χ0n) is 14.4. The molecule has 2 aromatic carbocycles. The molecule has 0 radical (unpaired) electrons. The standard InChI is InChI=1S/C19H22N4O3/c1-2-12-3-5-13(6-4-12)18-15(10-20-22-18)11-21-23-19(26)14-7-16(24)9-17(25)8-14/h3-9,11,15,18,20,22,24-25H,2,10H2,1H3,(H,23,26)/b21-11+. The lowest BCUT2D eigenvalue weighted by molar-refractivity contribution is 0.0954. The van der Waals surface area contributed by atoms with E-state index in [2.05, 4.69) is 52.6 Å². The van der Waals surface area contributed by atoms with E-state index in [9.17, 15) is 15.0 Å². The molecule has 3 rings (SSSR count). The van der Waals surface area contributed by atoms with E-state index in [0.717, 1.165) is 18.1 Å². The number of aryl methyl sites for hydroxylation is 1. The summed E-state index contributed by atoms with van der Waals surface area (Å²) in [5, 5.41) is 22.9. The molecule has 7 nitrogen and oxygen atoms in total. The normalized spacial score (nSPS) is 19.7. The summed E-state index contributed by atoms with van der Waals surface area (Å²) in [6, 6.07) is 12.2. The first-order chi connectivity index (χ1) is 12.6. The molecule has 2 unspecified atom stereocenters. The number of hydrazone groups is 1. The average Bonchev–Trinajstić information content (AvgIpc) is 3.09. The summed E-state index contributed by atoms with van der Waals surface area (Å²) in [4.78, 5) is 12.1. The lowest BCUT2D eigenvalue weighted by atomic mass is 9.95. The van der Waals surface area contributed by atoms with E-state index in [1.165, 1.54) is 17.7 Å². The van der Waals surface area contributed by atoms with Gasteiger partial charge < -0.3 is 10.2 Å². The van der Waals surface area contributed by atoms with Crippen LogP contribution in [-0.4, -0.2) is 28.9 Å². The summed E-state index contributed by atoms with van der Waals surface area (Å²) >= 11 is 0. The molecular formula is C19H22N4O3. The first-order valence-corrected chi connectivity index (χ1v) is 8.50. The molecule has 2 atom stereocenters. The largest absolute Gasteiger partial charge is 0.508 e. The first kappa shape index (κ1) is 17.9. The summed E-state index contributed by atoms with van der Waals surface area (Å²) in [7, 11) is 0. The van der Waals surface area contributed by atoms with Gasteiger partial charge in [0.1, 0.15) is 11.5 Å². The second kappa shape index (κ2) is 7.99. The molecule has 136 valence electrons. The number of rotatable bonds is 5. The van der Waals surface area contributed by atoms with E-state index in [-0.39, 0.29) is 29.0 Å². The van der Waals surface area contributed by atoms with Gasteiger partial charge in [-0.2, -0.15) is 5.10 Å². The van der Waals surface area contributed by atoms with Crippen molar-refractivity contribution in [1.29, 1.82) is 0 Å². The van der Waals surface area contributed by atoms with Crippen LogP contribution in [0, 0.1) is 5.92 Å². The summed E-state index contributed by atoms with van der Waals surface area (Å²) < 4.78 is 0. The Hall–Kier alpha value is -2.90. The number of hydrogen-bond donors (Lipinski definition) is 5. The van der Waals surface area contributed by atoms with Crippen molar-refractivity contribution < 1.29 is 15.0 Å². The first-order valence-electron chi connectivity index (χ1n) is 8.50. The maximum atomic E-state index is 12.1. The van der Waals surface area contributed by atoms with Crippen molar-refractivity contribution in [3.05, 3.63) is 59.2 Å². The predicted molar refractivity (Wildman–Crippen MR) is 98.9 cm³/mol. The quantitative estimate of drug-likeness (QED) is 0.416.